The number of nitrogens with two attached hydrogens (primary N) is 1. The summed E-state index contributed by atoms with van der Waals surface area (Å²) in [5.41, 5.74) is 6.17. The predicted molar refractivity (Wildman–Crippen MR) is 78.6 cm³/mol. The first-order valence-electron chi connectivity index (χ1n) is 6.69. The Morgan fingerprint density at radius 3 is 2.74 bits per heavy atom. The first-order chi connectivity index (χ1) is 11.0. The summed E-state index contributed by atoms with van der Waals surface area (Å²) in [5, 5.41) is 10.7. The van der Waals surface area contributed by atoms with Crippen molar-refractivity contribution >= 4 is 17.4 Å². The Morgan fingerprint density at radius 1 is 1.30 bits per heavy atom. The summed E-state index contributed by atoms with van der Waals surface area (Å²) in [7, 11) is 0. The number of non-ortho nitro benzene ring substituents is 1. The van der Waals surface area contributed by atoms with Gasteiger partial charge in [0.25, 0.3) is 5.69 Å². The number of hydrogen-bond acceptors (Lipinski definition) is 7. The summed E-state index contributed by atoms with van der Waals surface area (Å²) in [6.07, 6.45) is 1.14. The van der Waals surface area contributed by atoms with Crippen LogP contribution in [0.2, 0.25) is 0 Å². The molecular weight excluding hydrogens is 304 g/mol. The Labute approximate surface area is 131 Å². The van der Waals surface area contributed by atoms with Gasteiger partial charge in [0.05, 0.1) is 17.6 Å². The van der Waals surface area contributed by atoms with E-state index in [0.29, 0.717) is 5.56 Å². The molecule has 0 radical (unpaired) electrons. The number of ether oxygens (including phenoxy) is 1. The van der Waals surface area contributed by atoms with Gasteiger partial charge in [-0.2, -0.15) is 0 Å². The molecule has 1 unspecified atom stereocenters. The molecule has 2 aromatic rings. The normalized spacial score (nSPS) is 11.7. The Kier molecular flexibility index (Phi) is 5.21. The highest BCUT2D eigenvalue weighted by molar-refractivity contribution is 5.95. The average Bonchev–Trinajstić information content (AvgIpc) is 3.07. The van der Waals surface area contributed by atoms with Crippen LogP contribution in [0.15, 0.2) is 47.1 Å². The van der Waals surface area contributed by atoms with E-state index in [1.807, 2.05) is 0 Å². The molecule has 1 atom stereocenters. The molecule has 8 heteroatoms. The molecule has 1 heterocycles. The number of esters is 1. The monoisotopic (exact) mass is 318 g/mol. The van der Waals surface area contributed by atoms with Gasteiger partial charge >= 0.3 is 5.97 Å². The van der Waals surface area contributed by atoms with Crippen LogP contribution >= 0.6 is 0 Å². The molecule has 1 aromatic carbocycles. The van der Waals surface area contributed by atoms with Crippen molar-refractivity contribution in [2.75, 3.05) is 6.61 Å². The topological polar surface area (TPSA) is 126 Å². The third-order valence-electron chi connectivity index (χ3n) is 3.06. The van der Waals surface area contributed by atoms with E-state index in [1.54, 1.807) is 12.1 Å². The number of hydrogen-bond donors (Lipinski definition) is 1. The van der Waals surface area contributed by atoms with Gasteiger partial charge in [-0.05, 0) is 17.7 Å². The fourth-order valence-electron chi connectivity index (χ4n) is 1.88. The molecule has 0 bridgehead atoms. The number of nitro groups is 1. The highest BCUT2D eigenvalue weighted by Gasteiger charge is 2.17. The molecule has 0 aliphatic heterocycles. The van der Waals surface area contributed by atoms with E-state index in [9.17, 15) is 19.7 Å². The van der Waals surface area contributed by atoms with Crippen LogP contribution in [0.5, 0.6) is 0 Å². The van der Waals surface area contributed by atoms with E-state index < -0.39 is 29.3 Å². The fourth-order valence-corrected chi connectivity index (χ4v) is 1.88. The smallest absolute Gasteiger partial charge is 0.308 e. The first kappa shape index (κ1) is 16.4. The molecule has 0 fully saturated rings. The molecule has 0 saturated carbocycles. The lowest BCUT2D eigenvalue weighted by Gasteiger charge is -2.11. The average molecular weight is 318 g/mol. The minimum absolute atomic E-state index is 0.0979. The molecule has 0 saturated heterocycles. The Morgan fingerprint density at radius 2 is 2.09 bits per heavy atom. The van der Waals surface area contributed by atoms with Crippen molar-refractivity contribution in [3.63, 3.8) is 0 Å². The zero-order chi connectivity index (χ0) is 16.8. The van der Waals surface area contributed by atoms with E-state index in [2.05, 4.69) is 0 Å². The van der Waals surface area contributed by atoms with Gasteiger partial charge in [0.2, 0.25) is 5.78 Å². The van der Waals surface area contributed by atoms with Crippen molar-refractivity contribution in [3.8, 4) is 0 Å². The molecule has 23 heavy (non-hydrogen) atoms. The van der Waals surface area contributed by atoms with Gasteiger partial charge in [0.1, 0.15) is 0 Å². The number of Topliss-reactive ketones (excluding diaryl/α,β-unsaturated/α-hetero) is 1. The Bertz CT molecular complexity index is 711. The number of nitrogens with zero attached hydrogens (tertiary/aromatic N) is 1. The lowest BCUT2D eigenvalue weighted by molar-refractivity contribution is -0.384. The summed E-state index contributed by atoms with van der Waals surface area (Å²) >= 11 is 0. The number of carbonyl (C=O) groups is 2. The largest absolute Gasteiger partial charge is 0.461 e. The van der Waals surface area contributed by atoms with Crippen LogP contribution in [-0.4, -0.2) is 23.3 Å². The van der Waals surface area contributed by atoms with Gasteiger partial charge in [-0.1, -0.05) is 12.1 Å². The molecule has 0 aliphatic carbocycles. The number of carbonyl (C=O) groups excluding carboxylic acids is 2. The van der Waals surface area contributed by atoms with Crippen molar-refractivity contribution in [2.45, 2.75) is 12.5 Å². The van der Waals surface area contributed by atoms with E-state index >= 15 is 0 Å². The summed E-state index contributed by atoms with van der Waals surface area (Å²) in [6, 6.07) is 7.94. The maximum Gasteiger partial charge on any atom is 0.308 e. The van der Waals surface area contributed by atoms with Gasteiger partial charge in [0, 0.05) is 18.2 Å². The molecule has 2 rings (SSSR count). The fraction of sp³-hybridized carbons (Fsp3) is 0.200. The van der Waals surface area contributed by atoms with Crippen molar-refractivity contribution in [1.29, 1.82) is 0 Å². The van der Waals surface area contributed by atoms with Crippen molar-refractivity contribution in [3.05, 3.63) is 64.1 Å². The molecule has 0 amide bonds. The van der Waals surface area contributed by atoms with Gasteiger partial charge < -0.3 is 14.9 Å². The lowest BCUT2D eigenvalue weighted by Crippen LogP contribution is -2.20. The molecule has 1 aromatic heterocycles. The maximum atomic E-state index is 11.7. The third-order valence-corrected chi connectivity index (χ3v) is 3.06. The van der Waals surface area contributed by atoms with Crippen LogP contribution in [0.25, 0.3) is 0 Å². The first-order valence-corrected chi connectivity index (χ1v) is 6.69. The predicted octanol–water partition coefficient (Wildman–Crippen LogP) is 2.00. The molecule has 0 aliphatic rings. The molecule has 8 nitrogen and oxygen atoms in total. The second-order valence-corrected chi connectivity index (χ2v) is 4.72. The number of rotatable bonds is 7. The van der Waals surface area contributed by atoms with E-state index in [-0.39, 0.29) is 17.9 Å². The third kappa shape index (κ3) is 4.48. The van der Waals surface area contributed by atoms with Crippen LogP contribution < -0.4 is 5.73 Å². The molecular formula is C15H14N2O6. The summed E-state index contributed by atoms with van der Waals surface area (Å²) < 4.78 is 9.72. The zero-order valence-electron chi connectivity index (χ0n) is 12.0. The van der Waals surface area contributed by atoms with Crippen molar-refractivity contribution in [2.24, 2.45) is 5.73 Å². The van der Waals surface area contributed by atoms with Crippen molar-refractivity contribution < 1.29 is 23.7 Å². The summed E-state index contributed by atoms with van der Waals surface area (Å²) in [4.78, 5) is 33.5. The van der Waals surface area contributed by atoms with Gasteiger partial charge in [0.15, 0.2) is 12.4 Å². The second kappa shape index (κ2) is 7.32. The van der Waals surface area contributed by atoms with E-state index in [0.717, 1.165) is 0 Å². The van der Waals surface area contributed by atoms with Crippen LogP contribution in [0.1, 0.15) is 28.6 Å². The molecule has 2 N–H and O–H groups in total. The number of furan rings is 1. The van der Waals surface area contributed by atoms with E-state index in [1.165, 1.54) is 30.5 Å². The molecule has 120 valence electrons. The Hall–Kier alpha value is -3.00. The quantitative estimate of drug-likeness (QED) is 0.358. The number of nitro benzene ring substituents is 1. The van der Waals surface area contributed by atoms with Gasteiger partial charge in [-0.25, -0.2) is 0 Å². The minimum atomic E-state index is -0.763. The highest BCUT2D eigenvalue weighted by Crippen LogP contribution is 2.20. The number of benzene rings is 1. The maximum absolute atomic E-state index is 11.7. The van der Waals surface area contributed by atoms with Crippen LogP contribution in [-0.2, 0) is 9.53 Å². The molecule has 0 spiro atoms. The second-order valence-electron chi connectivity index (χ2n) is 4.72. The zero-order valence-corrected chi connectivity index (χ0v) is 12.0. The van der Waals surface area contributed by atoms with Gasteiger partial charge in [-0.3, -0.25) is 19.7 Å². The summed E-state index contributed by atoms with van der Waals surface area (Å²) in [6.45, 7) is -0.450. The van der Waals surface area contributed by atoms with Gasteiger partial charge in [-0.15, -0.1) is 0 Å². The standard InChI is InChI=1S/C15H14N2O6/c16-12(10-3-1-4-11(7-10)17(20)21)8-15(19)23-9-13(18)14-5-2-6-22-14/h1-7,12H,8-9,16H2. The summed E-state index contributed by atoms with van der Waals surface area (Å²) in [5.74, 6) is -1.04. The highest BCUT2D eigenvalue weighted by atomic mass is 16.6. The van der Waals surface area contributed by atoms with E-state index in [4.69, 9.17) is 14.9 Å². The lowest BCUT2D eigenvalue weighted by atomic mass is 10.0. The van der Waals surface area contributed by atoms with Crippen LogP contribution in [0.3, 0.4) is 0 Å². The Balaban J connectivity index is 1.88. The number of ketones is 1. The minimum Gasteiger partial charge on any atom is -0.461 e. The van der Waals surface area contributed by atoms with Crippen molar-refractivity contribution in [1.82, 2.24) is 0 Å². The SMILES string of the molecule is NC(CC(=O)OCC(=O)c1ccco1)c1cccc([N+](=O)[O-])c1. The van der Waals surface area contributed by atoms with Crippen LogP contribution in [0.4, 0.5) is 5.69 Å². The van der Waals surface area contributed by atoms with Crippen LogP contribution in [0, 0.1) is 10.1 Å².